The Balaban J connectivity index is 1.55. The van der Waals surface area contributed by atoms with Crippen molar-refractivity contribution in [2.45, 2.75) is 77.3 Å². The van der Waals surface area contributed by atoms with Crippen molar-refractivity contribution in [3.8, 4) is 5.75 Å². The SMILES string of the molecule is Cc1cc(CNC(=O)c2nc3n(c(=O)c2O)CC2(CN4CC(C)OC(C)C4)CCC3(N(C)C(=O)C(=O)N(C)C)CC2)ccc1F. The van der Waals surface area contributed by atoms with E-state index in [9.17, 15) is 28.7 Å². The van der Waals surface area contributed by atoms with Gasteiger partial charge in [-0.25, -0.2) is 9.37 Å². The second-order valence-electron chi connectivity index (χ2n) is 13.3. The fourth-order valence-electron chi connectivity index (χ4n) is 7.31. The van der Waals surface area contributed by atoms with E-state index in [4.69, 9.17) is 4.74 Å². The summed E-state index contributed by atoms with van der Waals surface area (Å²) in [4.78, 5) is 63.2. The van der Waals surface area contributed by atoms with E-state index in [1.54, 1.807) is 13.0 Å². The maximum atomic E-state index is 13.9. The molecule has 3 aliphatic heterocycles. The Morgan fingerprint density at radius 3 is 2.33 bits per heavy atom. The molecule has 4 aliphatic rings. The van der Waals surface area contributed by atoms with Crippen LogP contribution in [0.4, 0.5) is 4.39 Å². The number of halogens is 1. The van der Waals surface area contributed by atoms with Crippen molar-refractivity contribution in [2.24, 2.45) is 5.41 Å². The summed E-state index contributed by atoms with van der Waals surface area (Å²) in [6.45, 7) is 8.10. The van der Waals surface area contributed by atoms with Crippen molar-refractivity contribution >= 4 is 17.7 Å². The number of aromatic nitrogens is 2. The number of fused-ring (bicyclic) bond motifs is 2. The maximum Gasteiger partial charge on any atom is 0.312 e. The summed E-state index contributed by atoms with van der Waals surface area (Å²) < 4.78 is 21.1. The number of likely N-dealkylation sites (N-methyl/N-ethyl adjacent to an activating group) is 2. The van der Waals surface area contributed by atoms with Crippen molar-refractivity contribution in [3.63, 3.8) is 0 Å². The average Bonchev–Trinajstić information content (AvgIpc) is 3.21. The van der Waals surface area contributed by atoms with Crippen molar-refractivity contribution in [2.75, 3.05) is 40.8 Å². The fraction of sp³-hybridized carbons (Fsp3) is 0.594. The minimum atomic E-state index is -1.16. The molecule has 1 aliphatic carbocycles. The number of nitrogens with one attached hydrogen (secondary N) is 1. The Kier molecular flexibility index (Phi) is 8.80. The summed E-state index contributed by atoms with van der Waals surface area (Å²) in [5, 5.41) is 13.8. The monoisotopic (exact) mass is 626 g/mol. The molecule has 45 heavy (non-hydrogen) atoms. The number of aromatic hydroxyl groups is 1. The molecule has 1 aromatic heterocycles. The second kappa shape index (κ2) is 12.2. The number of ether oxygens (including phenoxy) is 1. The lowest BCUT2D eigenvalue weighted by Crippen LogP contribution is -2.55. The van der Waals surface area contributed by atoms with Gasteiger partial charge in [0.05, 0.1) is 12.2 Å². The largest absolute Gasteiger partial charge is 0.501 e. The number of rotatable bonds is 6. The molecule has 2 unspecified atom stereocenters. The smallest absolute Gasteiger partial charge is 0.312 e. The van der Waals surface area contributed by atoms with Crippen LogP contribution in [-0.2, 0) is 33.0 Å². The molecule has 0 radical (unpaired) electrons. The summed E-state index contributed by atoms with van der Waals surface area (Å²) in [6, 6.07) is 4.44. The van der Waals surface area contributed by atoms with Gasteiger partial charge in [-0.05, 0) is 63.6 Å². The third-order valence-electron chi connectivity index (χ3n) is 9.67. The van der Waals surface area contributed by atoms with Crippen LogP contribution in [0.5, 0.6) is 5.75 Å². The van der Waals surface area contributed by atoms with Gasteiger partial charge in [-0.1, -0.05) is 12.1 Å². The molecule has 4 heterocycles. The van der Waals surface area contributed by atoms with Crippen LogP contribution in [0.25, 0.3) is 0 Å². The lowest BCUT2D eigenvalue weighted by molar-refractivity contribution is -0.155. The highest BCUT2D eigenvalue weighted by Gasteiger charge is 2.55. The Labute approximate surface area is 262 Å². The van der Waals surface area contributed by atoms with Gasteiger partial charge < -0.3 is 25.0 Å². The van der Waals surface area contributed by atoms with Crippen LogP contribution in [0.2, 0.25) is 0 Å². The molecular formula is C32H43FN6O6. The molecule has 2 fully saturated rings. The van der Waals surface area contributed by atoms with Crippen LogP contribution in [-0.4, -0.2) is 100 Å². The van der Waals surface area contributed by atoms with Gasteiger partial charge in [0.1, 0.15) is 17.2 Å². The Bertz CT molecular complexity index is 1560. The van der Waals surface area contributed by atoms with Gasteiger partial charge in [0.15, 0.2) is 5.69 Å². The van der Waals surface area contributed by atoms with Gasteiger partial charge in [-0.15, -0.1) is 0 Å². The van der Waals surface area contributed by atoms with Crippen molar-refractivity contribution in [1.82, 2.24) is 29.6 Å². The first-order valence-electron chi connectivity index (χ1n) is 15.4. The first-order chi connectivity index (χ1) is 21.2. The Morgan fingerprint density at radius 1 is 1.09 bits per heavy atom. The predicted octanol–water partition coefficient (Wildman–Crippen LogP) is 1.75. The standard InChI is InChI=1S/C32H43FN6O6/c1-19-13-22(7-8-23(19)33)14-34-26(41)24-25(40)27(42)39-18-31(17-38-15-20(2)45-21(3)16-38)9-11-32(12-10-31,30(39)35-24)37(6)29(44)28(43)36(4)5/h7-8,13,20-21,40H,9-12,14-18H2,1-6H3,(H,34,41). The average molecular weight is 627 g/mol. The molecule has 2 N–H and O–H groups in total. The first-order valence-corrected chi connectivity index (χ1v) is 15.4. The number of hydrogen-bond acceptors (Lipinski definition) is 8. The van der Waals surface area contributed by atoms with Crippen LogP contribution in [0.1, 0.15) is 67.0 Å². The molecule has 2 aromatic rings. The van der Waals surface area contributed by atoms with Gasteiger partial charge in [0.25, 0.3) is 11.5 Å². The van der Waals surface area contributed by atoms with E-state index < -0.39 is 40.3 Å². The minimum absolute atomic E-state index is 0.0138. The van der Waals surface area contributed by atoms with Crippen LogP contribution in [0.15, 0.2) is 23.0 Å². The summed E-state index contributed by atoms with van der Waals surface area (Å²) in [7, 11) is 4.52. The first kappa shape index (κ1) is 32.6. The van der Waals surface area contributed by atoms with Gasteiger partial charge in [0, 0.05) is 59.3 Å². The molecule has 6 rings (SSSR count). The molecule has 13 heteroatoms. The number of nitrogens with zero attached hydrogens (tertiary/aromatic N) is 5. The number of carbonyl (C=O) groups is 3. The number of carbonyl (C=O) groups excluding carboxylic acids is 3. The molecule has 1 aromatic carbocycles. The summed E-state index contributed by atoms with van der Waals surface area (Å²) >= 11 is 0. The van der Waals surface area contributed by atoms with Crippen molar-refractivity contribution in [3.05, 3.63) is 57.0 Å². The van der Waals surface area contributed by atoms with Crippen LogP contribution < -0.4 is 10.9 Å². The maximum absolute atomic E-state index is 13.9. The molecule has 2 bridgehead atoms. The highest BCUT2D eigenvalue weighted by atomic mass is 19.1. The zero-order chi connectivity index (χ0) is 32.8. The minimum Gasteiger partial charge on any atom is -0.501 e. The number of amides is 3. The van der Waals surface area contributed by atoms with E-state index in [2.05, 4.69) is 15.2 Å². The molecule has 3 amide bonds. The molecule has 1 saturated heterocycles. The summed E-state index contributed by atoms with van der Waals surface area (Å²) in [6.07, 6.45) is 2.21. The van der Waals surface area contributed by atoms with Crippen LogP contribution in [0, 0.1) is 18.2 Å². The predicted molar refractivity (Wildman–Crippen MR) is 163 cm³/mol. The van der Waals surface area contributed by atoms with E-state index in [1.165, 1.54) is 47.6 Å². The Hall–Kier alpha value is -3.84. The zero-order valence-corrected chi connectivity index (χ0v) is 26.9. The number of morpholine rings is 1. The lowest BCUT2D eigenvalue weighted by atomic mass is 9.67. The van der Waals surface area contributed by atoms with Gasteiger partial charge in [0.2, 0.25) is 5.75 Å². The van der Waals surface area contributed by atoms with E-state index in [0.29, 0.717) is 43.4 Å². The highest BCUT2D eigenvalue weighted by Crippen LogP contribution is 2.52. The van der Waals surface area contributed by atoms with E-state index >= 15 is 0 Å². The van der Waals surface area contributed by atoms with E-state index in [-0.39, 0.29) is 42.4 Å². The third-order valence-corrected chi connectivity index (χ3v) is 9.67. The highest BCUT2D eigenvalue weighted by molar-refractivity contribution is 6.34. The molecule has 244 valence electrons. The molecule has 1 saturated carbocycles. The molecular weight excluding hydrogens is 583 g/mol. The second-order valence-corrected chi connectivity index (χ2v) is 13.3. The number of benzene rings is 1. The molecule has 2 atom stereocenters. The quantitative estimate of drug-likeness (QED) is 0.463. The zero-order valence-electron chi connectivity index (χ0n) is 26.9. The van der Waals surface area contributed by atoms with Gasteiger partial charge in [-0.3, -0.25) is 28.6 Å². The summed E-state index contributed by atoms with van der Waals surface area (Å²) in [5.41, 5.74) is -1.72. The number of aryl methyl sites for hydroxylation is 1. The van der Waals surface area contributed by atoms with Gasteiger partial charge in [-0.2, -0.15) is 0 Å². The van der Waals surface area contributed by atoms with Crippen LogP contribution in [0.3, 0.4) is 0 Å². The van der Waals surface area contributed by atoms with Crippen molar-refractivity contribution in [1.29, 1.82) is 0 Å². The van der Waals surface area contributed by atoms with E-state index in [0.717, 1.165) is 13.1 Å². The Morgan fingerprint density at radius 2 is 1.73 bits per heavy atom. The van der Waals surface area contributed by atoms with Crippen molar-refractivity contribution < 1.29 is 28.6 Å². The number of hydrogen-bond donors (Lipinski definition) is 2. The van der Waals surface area contributed by atoms with Crippen LogP contribution >= 0.6 is 0 Å². The van der Waals surface area contributed by atoms with Gasteiger partial charge >= 0.3 is 11.8 Å². The van der Waals surface area contributed by atoms with E-state index in [1.807, 2.05) is 13.8 Å². The fourth-order valence-corrected chi connectivity index (χ4v) is 7.31. The molecule has 12 nitrogen and oxygen atoms in total. The normalized spacial score (nSPS) is 26.1. The third kappa shape index (κ3) is 6.07. The summed E-state index contributed by atoms with van der Waals surface area (Å²) in [5.74, 6) is -3.23. The lowest BCUT2D eigenvalue weighted by Gasteiger charge is -2.48. The topological polar surface area (TPSA) is 137 Å². The molecule has 0 spiro atoms.